The van der Waals surface area contributed by atoms with Gasteiger partial charge in [0, 0.05) is 18.2 Å². The summed E-state index contributed by atoms with van der Waals surface area (Å²) in [4.78, 5) is 11.6. The van der Waals surface area contributed by atoms with Crippen LogP contribution < -0.4 is 10.1 Å². The third-order valence-electron chi connectivity index (χ3n) is 2.80. The van der Waals surface area contributed by atoms with E-state index in [0.717, 1.165) is 23.9 Å². The van der Waals surface area contributed by atoms with E-state index in [1.54, 1.807) is 18.2 Å². The van der Waals surface area contributed by atoms with Gasteiger partial charge in [-0.3, -0.25) is 4.79 Å². The molecule has 0 aromatic heterocycles. The van der Waals surface area contributed by atoms with E-state index < -0.39 is 0 Å². The van der Waals surface area contributed by atoms with Crippen LogP contribution >= 0.6 is 27.5 Å². The van der Waals surface area contributed by atoms with Gasteiger partial charge in [0.1, 0.15) is 5.75 Å². The van der Waals surface area contributed by atoms with Gasteiger partial charge in [0.15, 0.2) is 6.61 Å². The van der Waals surface area contributed by atoms with Crippen LogP contribution in [0.4, 0.5) is 0 Å². The predicted molar refractivity (Wildman–Crippen MR) is 76.6 cm³/mol. The first-order valence-electron chi connectivity index (χ1n) is 6.11. The van der Waals surface area contributed by atoms with Crippen molar-refractivity contribution in [2.45, 2.75) is 18.9 Å². The Morgan fingerprint density at radius 1 is 1.58 bits per heavy atom. The average Bonchev–Trinajstić information content (AvgIpc) is 2.88. The van der Waals surface area contributed by atoms with E-state index in [1.807, 2.05) is 0 Å². The van der Waals surface area contributed by atoms with Crippen molar-refractivity contribution in [1.82, 2.24) is 5.32 Å². The van der Waals surface area contributed by atoms with Crippen molar-refractivity contribution in [3.05, 3.63) is 27.7 Å². The minimum Gasteiger partial charge on any atom is -0.483 e. The number of nitrogens with one attached hydrogen (secondary N) is 1. The molecular formula is C13H15BrClNO3. The molecule has 0 saturated carbocycles. The molecule has 4 nitrogen and oxygen atoms in total. The maximum absolute atomic E-state index is 11.6. The molecule has 1 aromatic carbocycles. The summed E-state index contributed by atoms with van der Waals surface area (Å²) in [5.41, 5.74) is 0. The molecular weight excluding hydrogens is 334 g/mol. The van der Waals surface area contributed by atoms with Gasteiger partial charge in [-0.15, -0.1) is 0 Å². The molecule has 0 unspecified atom stereocenters. The lowest BCUT2D eigenvalue weighted by Gasteiger charge is -2.12. The molecule has 0 bridgehead atoms. The van der Waals surface area contributed by atoms with Gasteiger partial charge >= 0.3 is 0 Å². The normalized spacial score (nSPS) is 18.3. The SMILES string of the molecule is O=C(COc1ccc(Cl)cc1Br)NC[C@@H]1CCCO1. The molecule has 1 saturated heterocycles. The molecule has 1 atom stereocenters. The number of carbonyl (C=O) groups is 1. The summed E-state index contributed by atoms with van der Waals surface area (Å²) in [5, 5.41) is 3.41. The molecule has 0 radical (unpaired) electrons. The van der Waals surface area contributed by atoms with E-state index in [9.17, 15) is 4.79 Å². The Morgan fingerprint density at radius 3 is 3.11 bits per heavy atom. The second-order valence-corrected chi connectivity index (χ2v) is 5.59. The molecule has 1 aliphatic rings. The van der Waals surface area contributed by atoms with Gasteiger partial charge in [0.05, 0.1) is 10.6 Å². The zero-order valence-corrected chi connectivity index (χ0v) is 12.7. The van der Waals surface area contributed by atoms with Crippen molar-refractivity contribution in [3.8, 4) is 5.75 Å². The third-order valence-corrected chi connectivity index (χ3v) is 3.66. The van der Waals surface area contributed by atoms with Gasteiger partial charge in [-0.05, 0) is 47.0 Å². The van der Waals surface area contributed by atoms with Crippen LogP contribution in [0.2, 0.25) is 5.02 Å². The Morgan fingerprint density at radius 2 is 2.42 bits per heavy atom. The minimum atomic E-state index is -0.155. The average molecular weight is 349 g/mol. The first-order chi connectivity index (χ1) is 9.15. The largest absolute Gasteiger partial charge is 0.483 e. The molecule has 1 fully saturated rings. The highest BCUT2D eigenvalue weighted by Gasteiger charge is 2.16. The van der Waals surface area contributed by atoms with Gasteiger partial charge < -0.3 is 14.8 Å². The Balaban J connectivity index is 1.73. The van der Waals surface area contributed by atoms with Gasteiger partial charge in [-0.25, -0.2) is 0 Å². The number of carbonyl (C=O) groups excluding carboxylic acids is 1. The lowest BCUT2D eigenvalue weighted by Crippen LogP contribution is -2.35. The standard InChI is InChI=1S/C13H15BrClNO3/c14-11-6-9(15)3-4-12(11)19-8-13(17)16-7-10-2-1-5-18-10/h3-4,6,10H,1-2,5,7-8H2,(H,16,17)/t10-/m0/s1. The topological polar surface area (TPSA) is 47.6 Å². The molecule has 104 valence electrons. The maximum atomic E-state index is 11.6. The lowest BCUT2D eigenvalue weighted by molar-refractivity contribution is -0.123. The first-order valence-corrected chi connectivity index (χ1v) is 7.28. The van der Waals surface area contributed by atoms with Gasteiger partial charge in [-0.2, -0.15) is 0 Å². The molecule has 6 heteroatoms. The van der Waals surface area contributed by atoms with E-state index in [2.05, 4.69) is 21.2 Å². The van der Waals surface area contributed by atoms with Gasteiger partial charge in [0.2, 0.25) is 0 Å². The van der Waals surface area contributed by atoms with Crippen molar-refractivity contribution < 1.29 is 14.3 Å². The summed E-state index contributed by atoms with van der Waals surface area (Å²) in [6.45, 7) is 1.31. The molecule has 1 N–H and O–H groups in total. The Kier molecular flexibility index (Phi) is 5.48. The number of halogens is 2. The fourth-order valence-corrected chi connectivity index (χ4v) is 2.62. The van der Waals surface area contributed by atoms with Crippen LogP contribution in [0.25, 0.3) is 0 Å². The van der Waals surface area contributed by atoms with Crippen LogP contribution in [0.3, 0.4) is 0 Å². The fraction of sp³-hybridized carbons (Fsp3) is 0.462. The molecule has 0 aliphatic carbocycles. The Hall–Kier alpha value is -0.780. The molecule has 1 heterocycles. The number of hydrogen-bond donors (Lipinski definition) is 1. The van der Waals surface area contributed by atoms with Crippen molar-refractivity contribution in [1.29, 1.82) is 0 Å². The van der Waals surface area contributed by atoms with Crippen molar-refractivity contribution in [3.63, 3.8) is 0 Å². The molecule has 2 rings (SSSR count). The molecule has 1 amide bonds. The predicted octanol–water partition coefficient (Wildman–Crippen LogP) is 2.78. The number of rotatable bonds is 5. The highest BCUT2D eigenvalue weighted by molar-refractivity contribution is 9.10. The number of benzene rings is 1. The third kappa shape index (κ3) is 4.67. The summed E-state index contributed by atoms with van der Waals surface area (Å²) >= 11 is 9.15. The quantitative estimate of drug-likeness (QED) is 0.890. The Labute approximate surface area is 125 Å². The zero-order valence-electron chi connectivity index (χ0n) is 10.3. The van der Waals surface area contributed by atoms with Crippen molar-refractivity contribution in [2.24, 2.45) is 0 Å². The summed E-state index contributed by atoms with van der Waals surface area (Å²) in [6.07, 6.45) is 2.21. The van der Waals surface area contributed by atoms with Crippen LogP contribution in [-0.4, -0.2) is 31.8 Å². The first kappa shape index (κ1) is 14.6. The van der Waals surface area contributed by atoms with E-state index in [-0.39, 0.29) is 18.6 Å². The number of ether oxygens (including phenoxy) is 2. The fourth-order valence-electron chi connectivity index (χ4n) is 1.82. The van der Waals surface area contributed by atoms with Gasteiger partial charge in [0.25, 0.3) is 5.91 Å². The second kappa shape index (κ2) is 7.12. The van der Waals surface area contributed by atoms with Crippen LogP contribution in [0.5, 0.6) is 5.75 Å². The number of hydrogen-bond acceptors (Lipinski definition) is 3. The van der Waals surface area contributed by atoms with Crippen LogP contribution in [0.1, 0.15) is 12.8 Å². The minimum absolute atomic E-state index is 0.0209. The van der Waals surface area contributed by atoms with Crippen LogP contribution in [0, 0.1) is 0 Å². The summed E-state index contributed by atoms with van der Waals surface area (Å²) < 4.78 is 11.6. The van der Waals surface area contributed by atoms with Crippen LogP contribution in [-0.2, 0) is 9.53 Å². The maximum Gasteiger partial charge on any atom is 0.258 e. The van der Waals surface area contributed by atoms with Gasteiger partial charge in [-0.1, -0.05) is 11.6 Å². The highest BCUT2D eigenvalue weighted by atomic mass is 79.9. The second-order valence-electron chi connectivity index (χ2n) is 4.30. The van der Waals surface area contributed by atoms with Crippen molar-refractivity contribution >= 4 is 33.4 Å². The summed E-state index contributed by atoms with van der Waals surface area (Å²) in [5.74, 6) is 0.439. The smallest absolute Gasteiger partial charge is 0.258 e. The van der Waals surface area contributed by atoms with E-state index in [0.29, 0.717) is 17.3 Å². The van der Waals surface area contributed by atoms with E-state index in [1.165, 1.54) is 0 Å². The van der Waals surface area contributed by atoms with E-state index in [4.69, 9.17) is 21.1 Å². The highest BCUT2D eigenvalue weighted by Crippen LogP contribution is 2.27. The molecule has 1 aromatic rings. The number of amides is 1. The summed E-state index contributed by atoms with van der Waals surface area (Å²) in [7, 11) is 0. The van der Waals surface area contributed by atoms with E-state index >= 15 is 0 Å². The monoisotopic (exact) mass is 347 g/mol. The molecule has 0 spiro atoms. The lowest BCUT2D eigenvalue weighted by atomic mass is 10.2. The zero-order chi connectivity index (χ0) is 13.7. The van der Waals surface area contributed by atoms with Crippen molar-refractivity contribution in [2.75, 3.05) is 19.8 Å². The molecule has 19 heavy (non-hydrogen) atoms. The van der Waals surface area contributed by atoms with Crippen LogP contribution in [0.15, 0.2) is 22.7 Å². The molecule has 1 aliphatic heterocycles. The Bertz CT molecular complexity index is 450. The summed E-state index contributed by atoms with van der Waals surface area (Å²) in [6, 6.07) is 5.16.